The summed E-state index contributed by atoms with van der Waals surface area (Å²) in [5.41, 5.74) is 3.35. The number of Topliss-reactive ketones (excluding diaryl/α,β-unsaturated/α-hetero) is 1. The van der Waals surface area contributed by atoms with Crippen LogP contribution in [0.1, 0.15) is 40.7 Å². The van der Waals surface area contributed by atoms with Crippen molar-refractivity contribution in [2.75, 3.05) is 0 Å². The lowest BCUT2D eigenvalue weighted by atomic mass is 9.82. The van der Waals surface area contributed by atoms with Gasteiger partial charge in [-0.05, 0) is 30.9 Å². The molecule has 0 fully saturated rings. The first-order valence-corrected chi connectivity index (χ1v) is 6.13. The Morgan fingerprint density at radius 1 is 1.43 bits per heavy atom. The summed E-state index contributed by atoms with van der Waals surface area (Å²) in [6.07, 6.45) is 0.982. The van der Waals surface area contributed by atoms with Gasteiger partial charge in [0.05, 0.1) is 3.92 Å². The van der Waals surface area contributed by atoms with Crippen LogP contribution >= 0.6 is 22.6 Å². The van der Waals surface area contributed by atoms with E-state index in [9.17, 15) is 4.79 Å². The van der Waals surface area contributed by atoms with Crippen LogP contribution in [0, 0.1) is 6.92 Å². The molecule has 0 aromatic heterocycles. The smallest absolute Gasteiger partial charge is 0.175 e. The van der Waals surface area contributed by atoms with Crippen LogP contribution in [-0.4, -0.2) is 9.71 Å². The van der Waals surface area contributed by atoms with Gasteiger partial charge in [0.2, 0.25) is 0 Å². The normalized spacial score (nSPS) is 26.1. The van der Waals surface area contributed by atoms with Crippen LogP contribution < -0.4 is 0 Å². The second kappa shape index (κ2) is 3.65. The van der Waals surface area contributed by atoms with Crippen LogP contribution in [-0.2, 0) is 0 Å². The molecule has 0 N–H and O–H groups in total. The van der Waals surface area contributed by atoms with Gasteiger partial charge in [-0.2, -0.15) is 0 Å². The van der Waals surface area contributed by atoms with Crippen molar-refractivity contribution in [3.05, 3.63) is 34.9 Å². The first-order chi connectivity index (χ1) is 6.59. The summed E-state index contributed by atoms with van der Waals surface area (Å²) in [6.45, 7) is 4.24. The number of fused-ring (bicyclic) bond motifs is 1. The second-order valence-electron chi connectivity index (χ2n) is 4.06. The predicted octanol–water partition coefficient (Wildman–Crippen LogP) is 3.49. The van der Waals surface area contributed by atoms with Crippen LogP contribution in [0.2, 0.25) is 0 Å². The van der Waals surface area contributed by atoms with Gasteiger partial charge in [0, 0.05) is 5.56 Å². The molecule has 1 aromatic rings. The van der Waals surface area contributed by atoms with Gasteiger partial charge in [0.25, 0.3) is 0 Å². The van der Waals surface area contributed by atoms with Crippen molar-refractivity contribution in [2.24, 2.45) is 0 Å². The fraction of sp³-hybridized carbons (Fsp3) is 0.417. The van der Waals surface area contributed by atoms with Crippen LogP contribution in [0.25, 0.3) is 0 Å². The Balaban J connectivity index is 2.56. The molecule has 1 aromatic carbocycles. The van der Waals surface area contributed by atoms with E-state index in [1.54, 1.807) is 0 Å². The number of hydrogen-bond donors (Lipinski definition) is 0. The van der Waals surface area contributed by atoms with Gasteiger partial charge >= 0.3 is 0 Å². The molecule has 0 bridgehead atoms. The first kappa shape index (κ1) is 10.1. The molecule has 0 amide bonds. The predicted molar refractivity (Wildman–Crippen MR) is 66.3 cm³/mol. The third-order valence-corrected chi connectivity index (χ3v) is 3.92. The van der Waals surface area contributed by atoms with E-state index in [1.165, 1.54) is 11.1 Å². The van der Waals surface area contributed by atoms with Crippen LogP contribution in [0.15, 0.2) is 18.2 Å². The fourth-order valence-electron chi connectivity index (χ4n) is 2.03. The fourth-order valence-corrected chi connectivity index (χ4v) is 3.12. The lowest BCUT2D eigenvalue weighted by Crippen LogP contribution is -2.24. The number of carbonyl (C=O) groups excluding carboxylic acids is 1. The van der Waals surface area contributed by atoms with Gasteiger partial charge < -0.3 is 0 Å². The summed E-state index contributed by atoms with van der Waals surface area (Å²) in [5.74, 6) is 0.826. The van der Waals surface area contributed by atoms with Gasteiger partial charge in [-0.15, -0.1) is 0 Å². The highest BCUT2D eigenvalue weighted by molar-refractivity contribution is 14.1. The number of halogens is 1. The first-order valence-electron chi connectivity index (χ1n) is 4.88. The molecular weight excluding hydrogens is 287 g/mol. The molecule has 0 saturated carbocycles. The van der Waals surface area contributed by atoms with Crippen molar-refractivity contribution in [1.82, 2.24) is 0 Å². The zero-order valence-corrected chi connectivity index (χ0v) is 10.5. The quantitative estimate of drug-likeness (QED) is 0.529. The number of benzene rings is 1. The molecule has 0 saturated heterocycles. The van der Waals surface area contributed by atoms with Crippen molar-refractivity contribution in [1.29, 1.82) is 0 Å². The van der Waals surface area contributed by atoms with Gasteiger partial charge in [-0.1, -0.05) is 47.2 Å². The molecule has 2 atom stereocenters. The molecule has 1 aliphatic rings. The minimum absolute atomic E-state index is 0.164. The number of rotatable bonds is 0. The standard InChI is InChI=1S/C12H13IO/c1-7-3-4-9-8(2)6-11(13)12(14)10(9)5-7/h3-5,8,11H,6H2,1-2H3. The largest absolute Gasteiger partial charge is 0.293 e. The van der Waals surface area contributed by atoms with Crippen molar-refractivity contribution in [3.8, 4) is 0 Å². The summed E-state index contributed by atoms with van der Waals surface area (Å²) < 4.78 is 0.164. The molecule has 2 heteroatoms. The highest BCUT2D eigenvalue weighted by Crippen LogP contribution is 2.34. The zero-order chi connectivity index (χ0) is 10.3. The van der Waals surface area contributed by atoms with E-state index in [1.807, 2.05) is 13.0 Å². The Bertz CT molecular complexity index is 384. The second-order valence-corrected chi connectivity index (χ2v) is 5.56. The number of carbonyl (C=O) groups is 1. The van der Waals surface area contributed by atoms with Crippen molar-refractivity contribution >= 4 is 28.4 Å². The zero-order valence-electron chi connectivity index (χ0n) is 8.38. The Labute approximate surface area is 98.0 Å². The maximum atomic E-state index is 11.9. The minimum atomic E-state index is 0.164. The molecule has 2 rings (SSSR count). The molecule has 74 valence electrons. The van der Waals surface area contributed by atoms with Gasteiger partial charge in [-0.3, -0.25) is 4.79 Å². The van der Waals surface area contributed by atoms with Crippen molar-refractivity contribution in [3.63, 3.8) is 0 Å². The van der Waals surface area contributed by atoms with E-state index in [4.69, 9.17) is 0 Å². The monoisotopic (exact) mass is 300 g/mol. The molecule has 1 aliphatic carbocycles. The molecule has 1 nitrogen and oxygen atoms in total. The Morgan fingerprint density at radius 2 is 2.14 bits per heavy atom. The number of ketones is 1. The Hall–Kier alpha value is -0.380. The van der Waals surface area contributed by atoms with Crippen LogP contribution in [0.3, 0.4) is 0 Å². The highest BCUT2D eigenvalue weighted by Gasteiger charge is 2.29. The average molecular weight is 300 g/mol. The molecular formula is C12H13IO. The average Bonchev–Trinajstić information content (AvgIpc) is 2.14. The molecule has 0 aliphatic heterocycles. The van der Waals surface area contributed by atoms with E-state index in [0.29, 0.717) is 11.7 Å². The molecule has 0 spiro atoms. The molecule has 2 unspecified atom stereocenters. The number of alkyl halides is 1. The Morgan fingerprint density at radius 3 is 2.86 bits per heavy atom. The Kier molecular flexibility index (Phi) is 2.64. The van der Waals surface area contributed by atoms with Crippen LogP contribution in [0.5, 0.6) is 0 Å². The van der Waals surface area contributed by atoms with Crippen molar-refractivity contribution in [2.45, 2.75) is 30.1 Å². The molecule has 0 heterocycles. The van der Waals surface area contributed by atoms with E-state index in [2.05, 4.69) is 41.6 Å². The molecule has 14 heavy (non-hydrogen) atoms. The molecule has 0 radical (unpaired) electrons. The number of aryl methyl sites for hydroxylation is 1. The maximum Gasteiger partial charge on any atom is 0.175 e. The summed E-state index contributed by atoms with van der Waals surface area (Å²) in [7, 11) is 0. The summed E-state index contributed by atoms with van der Waals surface area (Å²) in [6, 6.07) is 6.23. The number of hydrogen-bond acceptors (Lipinski definition) is 1. The van der Waals surface area contributed by atoms with Crippen LogP contribution in [0.4, 0.5) is 0 Å². The summed E-state index contributed by atoms with van der Waals surface area (Å²) in [4.78, 5) is 11.9. The van der Waals surface area contributed by atoms with E-state index >= 15 is 0 Å². The summed E-state index contributed by atoms with van der Waals surface area (Å²) >= 11 is 2.26. The third kappa shape index (κ3) is 1.60. The van der Waals surface area contributed by atoms with E-state index < -0.39 is 0 Å². The minimum Gasteiger partial charge on any atom is -0.293 e. The van der Waals surface area contributed by atoms with Crippen molar-refractivity contribution < 1.29 is 4.79 Å². The highest BCUT2D eigenvalue weighted by atomic mass is 127. The maximum absolute atomic E-state index is 11.9. The van der Waals surface area contributed by atoms with Gasteiger partial charge in [0.15, 0.2) is 5.78 Å². The van der Waals surface area contributed by atoms with E-state index in [0.717, 1.165) is 12.0 Å². The van der Waals surface area contributed by atoms with Gasteiger partial charge in [0.1, 0.15) is 0 Å². The van der Waals surface area contributed by atoms with E-state index in [-0.39, 0.29) is 3.92 Å². The lowest BCUT2D eigenvalue weighted by molar-refractivity contribution is 0.0980. The SMILES string of the molecule is Cc1ccc2c(c1)C(=O)C(I)CC2C. The summed E-state index contributed by atoms with van der Waals surface area (Å²) in [5, 5.41) is 0. The van der Waals surface area contributed by atoms with Gasteiger partial charge in [-0.25, -0.2) is 0 Å². The lowest BCUT2D eigenvalue weighted by Gasteiger charge is -2.25. The topological polar surface area (TPSA) is 17.1 Å². The third-order valence-electron chi connectivity index (χ3n) is 2.85.